The highest BCUT2D eigenvalue weighted by atomic mass is 32.1. The summed E-state index contributed by atoms with van der Waals surface area (Å²) in [6.07, 6.45) is 0. The third-order valence-corrected chi connectivity index (χ3v) is 3.89. The summed E-state index contributed by atoms with van der Waals surface area (Å²) in [5.74, 6) is -0.275. The van der Waals surface area contributed by atoms with Crippen LogP contribution in [0.4, 0.5) is 21.5 Å². The zero-order valence-corrected chi connectivity index (χ0v) is 11.1. The van der Waals surface area contributed by atoms with E-state index < -0.39 is 0 Å². The molecule has 5 heteroatoms. The van der Waals surface area contributed by atoms with Crippen molar-refractivity contribution in [3.63, 3.8) is 0 Å². The first-order chi connectivity index (χ1) is 9.18. The minimum absolute atomic E-state index is 0.275. The summed E-state index contributed by atoms with van der Waals surface area (Å²) in [5, 5.41) is 0. The number of fused-ring (bicyclic) bond motifs is 1. The van der Waals surface area contributed by atoms with Gasteiger partial charge >= 0.3 is 0 Å². The minimum Gasteiger partial charge on any atom is -0.395 e. The molecule has 19 heavy (non-hydrogen) atoms. The number of aromatic nitrogens is 1. The Morgan fingerprint density at radius 1 is 1.16 bits per heavy atom. The van der Waals surface area contributed by atoms with Crippen LogP contribution in [-0.2, 0) is 0 Å². The van der Waals surface area contributed by atoms with E-state index in [1.807, 2.05) is 12.1 Å². The highest BCUT2D eigenvalue weighted by molar-refractivity contribution is 7.16. The third kappa shape index (κ3) is 1.92. The Balaban J connectivity index is 2.14. The number of rotatable bonds is 2. The number of hydrogen-bond donors (Lipinski definition) is 1. The van der Waals surface area contributed by atoms with E-state index in [1.54, 1.807) is 35.7 Å². The molecule has 3 rings (SSSR count). The van der Waals surface area contributed by atoms with Crippen LogP contribution in [0.3, 0.4) is 0 Å². The van der Waals surface area contributed by atoms with Gasteiger partial charge in [0.25, 0.3) is 0 Å². The molecule has 96 valence electrons. The van der Waals surface area contributed by atoms with Crippen LogP contribution < -0.4 is 10.6 Å². The van der Waals surface area contributed by atoms with Gasteiger partial charge in [0.05, 0.1) is 27.3 Å². The molecular formula is C14H12FN3S. The molecule has 1 aromatic heterocycles. The average molecular weight is 273 g/mol. The second-order valence-electron chi connectivity index (χ2n) is 4.21. The molecule has 3 aromatic rings. The van der Waals surface area contributed by atoms with Gasteiger partial charge in [0.15, 0.2) is 0 Å². The van der Waals surface area contributed by atoms with Gasteiger partial charge in [-0.2, -0.15) is 0 Å². The predicted octanol–water partition coefficient (Wildman–Crippen LogP) is 3.79. The van der Waals surface area contributed by atoms with E-state index in [2.05, 4.69) is 4.98 Å². The fourth-order valence-corrected chi connectivity index (χ4v) is 2.78. The Morgan fingerprint density at radius 3 is 2.74 bits per heavy atom. The van der Waals surface area contributed by atoms with Crippen LogP contribution in [0.5, 0.6) is 0 Å². The first-order valence-electron chi connectivity index (χ1n) is 5.78. The van der Waals surface area contributed by atoms with Crippen molar-refractivity contribution in [2.45, 2.75) is 0 Å². The molecule has 0 spiro atoms. The van der Waals surface area contributed by atoms with E-state index in [0.717, 1.165) is 15.9 Å². The third-order valence-electron chi connectivity index (χ3n) is 3.09. The van der Waals surface area contributed by atoms with E-state index >= 15 is 0 Å². The lowest BCUT2D eigenvalue weighted by molar-refractivity contribution is 0.627. The lowest BCUT2D eigenvalue weighted by Crippen LogP contribution is -2.13. The normalized spacial score (nSPS) is 10.8. The van der Waals surface area contributed by atoms with Crippen LogP contribution in [0.15, 0.2) is 41.9 Å². The van der Waals surface area contributed by atoms with E-state index in [-0.39, 0.29) is 5.82 Å². The second kappa shape index (κ2) is 4.51. The number of nitrogens with zero attached hydrogens (tertiary/aromatic N) is 2. The molecule has 0 saturated heterocycles. The molecule has 0 saturated carbocycles. The number of nitrogen functional groups attached to an aromatic ring is 1. The van der Waals surface area contributed by atoms with Gasteiger partial charge in [0, 0.05) is 7.05 Å². The van der Waals surface area contributed by atoms with Crippen molar-refractivity contribution in [2.75, 3.05) is 17.7 Å². The van der Waals surface area contributed by atoms with Crippen molar-refractivity contribution < 1.29 is 4.39 Å². The SMILES string of the molecule is CN(c1ccccc1F)c1ccc2scnc2c1N. The second-order valence-corrected chi connectivity index (χ2v) is 5.09. The van der Waals surface area contributed by atoms with Crippen molar-refractivity contribution in [3.8, 4) is 0 Å². The highest BCUT2D eigenvalue weighted by Gasteiger charge is 2.14. The lowest BCUT2D eigenvalue weighted by Gasteiger charge is -2.21. The first kappa shape index (κ1) is 11.9. The van der Waals surface area contributed by atoms with Crippen molar-refractivity contribution in [2.24, 2.45) is 0 Å². The summed E-state index contributed by atoms with van der Waals surface area (Å²) < 4.78 is 14.8. The number of benzene rings is 2. The zero-order chi connectivity index (χ0) is 13.4. The molecule has 0 amide bonds. The molecule has 0 aliphatic heterocycles. The Hall–Kier alpha value is -2.14. The smallest absolute Gasteiger partial charge is 0.146 e. The summed E-state index contributed by atoms with van der Waals surface area (Å²) in [5.41, 5.74) is 10.5. The van der Waals surface area contributed by atoms with Crippen molar-refractivity contribution >= 4 is 38.6 Å². The maximum Gasteiger partial charge on any atom is 0.146 e. The molecule has 2 aromatic carbocycles. The number of halogens is 1. The number of anilines is 3. The van der Waals surface area contributed by atoms with Gasteiger partial charge in [-0.1, -0.05) is 12.1 Å². The summed E-state index contributed by atoms with van der Waals surface area (Å²) in [6.45, 7) is 0. The highest BCUT2D eigenvalue weighted by Crippen LogP contribution is 2.35. The van der Waals surface area contributed by atoms with Crippen LogP contribution >= 0.6 is 11.3 Å². The quantitative estimate of drug-likeness (QED) is 0.722. The molecule has 2 N–H and O–H groups in total. The van der Waals surface area contributed by atoms with Gasteiger partial charge < -0.3 is 10.6 Å². The Bertz CT molecular complexity index is 738. The van der Waals surface area contributed by atoms with Crippen molar-refractivity contribution in [3.05, 3.63) is 47.7 Å². The molecule has 0 radical (unpaired) electrons. The zero-order valence-electron chi connectivity index (χ0n) is 10.3. The number of nitrogens with two attached hydrogens (primary N) is 1. The maximum absolute atomic E-state index is 13.8. The van der Waals surface area contributed by atoms with Gasteiger partial charge in [-0.25, -0.2) is 9.37 Å². The molecule has 3 nitrogen and oxygen atoms in total. The Kier molecular flexibility index (Phi) is 2.83. The predicted molar refractivity (Wildman–Crippen MR) is 78.5 cm³/mol. The molecule has 0 aliphatic carbocycles. The molecule has 0 fully saturated rings. The molecule has 0 atom stereocenters. The number of para-hydroxylation sites is 1. The van der Waals surface area contributed by atoms with Gasteiger partial charge in [-0.05, 0) is 24.3 Å². The van der Waals surface area contributed by atoms with Gasteiger partial charge in [-0.3, -0.25) is 0 Å². The molecule has 0 aliphatic rings. The summed E-state index contributed by atoms with van der Waals surface area (Å²) >= 11 is 1.54. The molecule has 1 heterocycles. The van der Waals surface area contributed by atoms with Gasteiger partial charge in [0.1, 0.15) is 11.3 Å². The first-order valence-corrected chi connectivity index (χ1v) is 6.66. The summed E-state index contributed by atoms with van der Waals surface area (Å²) in [7, 11) is 1.79. The molecule has 0 bridgehead atoms. The Labute approximate surface area is 114 Å². The minimum atomic E-state index is -0.275. The van der Waals surface area contributed by atoms with Crippen LogP contribution in [0.2, 0.25) is 0 Å². The van der Waals surface area contributed by atoms with E-state index in [4.69, 9.17) is 5.73 Å². The number of thiazole rings is 1. The fraction of sp³-hybridized carbons (Fsp3) is 0.0714. The van der Waals surface area contributed by atoms with Crippen LogP contribution in [0, 0.1) is 5.82 Å². The van der Waals surface area contributed by atoms with Gasteiger partial charge in [-0.15, -0.1) is 11.3 Å². The molecule has 0 unspecified atom stereocenters. The van der Waals surface area contributed by atoms with Gasteiger partial charge in [0.2, 0.25) is 0 Å². The summed E-state index contributed by atoms with van der Waals surface area (Å²) in [4.78, 5) is 5.99. The fourth-order valence-electron chi connectivity index (χ4n) is 2.09. The largest absolute Gasteiger partial charge is 0.395 e. The van der Waals surface area contributed by atoms with E-state index in [9.17, 15) is 4.39 Å². The summed E-state index contributed by atoms with van der Waals surface area (Å²) in [6, 6.07) is 10.5. The average Bonchev–Trinajstić information content (AvgIpc) is 2.88. The standard InChI is InChI=1S/C14H12FN3S/c1-18(10-5-3-2-4-9(10)15)11-6-7-12-14(13(11)16)17-8-19-12/h2-8H,16H2,1H3. The molecular weight excluding hydrogens is 261 g/mol. The Morgan fingerprint density at radius 2 is 1.95 bits per heavy atom. The topological polar surface area (TPSA) is 42.2 Å². The van der Waals surface area contributed by atoms with Crippen LogP contribution in [-0.4, -0.2) is 12.0 Å². The lowest BCUT2D eigenvalue weighted by atomic mass is 10.2. The van der Waals surface area contributed by atoms with Crippen molar-refractivity contribution in [1.82, 2.24) is 4.98 Å². The maximum atomic E-state index is 13.8. The van der Waals surface area contributed by atoms with E-state index in [0.29, 0.717) is 11.4 Å². The monoisotopic (exact) mass is 273 g/mol. The van der Waals surface area contributed by atoms with E-state index in [1.165, 1.54) is 17.4 Å². The van der Waals surface area contributed by atoms with Crippen LogP contribution in [0.25, 0.3) is 10.2 Å². The van der Waals surface area contributed by atoms with Crippen molar-refractivity contribution in [1.29, 1.82) is 0 Å². The van der Waals surface area contributed by atoms with Crippen LogP contribution in [0.1, 0.15) is 0 Å². The number of hydrogen-bond acceptors (Lipinski definition) is 4.